The highest BCUT2D eigenvalue weighted by Gasteiger charge is 2.22. The van der Waals surface area contributed by atoms with Crippen LogP contribution < -0.4 is 21.1 Å². The summed E-state index contributed by atoms with van der Waals surface area (Å²) in [5.41, 5.74) is 2.48. The molecule has 1 aliphatic heterocycles. The molecule has 1 aromatic heterocycles. The van der Waals surface area contributed by atoms with E-state index in [1.807, 2.05) is 19.0 Å². The number of methoxy groups -OCH3 is 1. The van der Waals surface area contributed by atoms with E-state index in [1.165, 1.54) is 0 Å². The number of anilines is 3. The second kappa shape index (κ2) is 5.98. The zero-order valence-corrected chi connectivity index (χ0v) is 11.6. The first kappa shape index (κ1) is 13.8. The zero-order chi connectivity index (χ0) is 13.8. The minimum Gasteiger partial charge on any atom is -0.380 e. The largest absolute Gasteiger partial charge is 0.380 e. The molecular formula is C11H21N7O. The first-order valence-corrected chi connectivity index (χ1v) is 6.31. The topological polar surface area (TPSA) is 92.4 Å². The lowest BCUT2D eigenvalue weighted by molar-refractivity contribution is 0.0889. The van der Waals surface area contributed by atoms with Crippen molar-refractivity contribution in [1.29, 1.82) is 0 Å². The Hall–Kier alpha value is -1.67. The Kier molecular flexibility index (Phi) is 4.33. The van der Waals surface area contributed by atoms with Crippen molar-refractivity contribution < 1.29 is 4.74 Å². The fraction of sp³-hybridized carbons (Fsp3) is 0.727. The van der Waals surface area contributed by atoms with Gasteiger partial charge < -0.3 is 14.5 Å². The number of piperidine rings is 1. The van der Waals surface area contributed by atoms with Crippen LogP contribution in [0.1, 0.15) is 12.8 Å². The van der Waals surface area contributed by atoms with Gasteiger partial charge in [-0.3, -0.25) is 5.43 Å². The molecule has 1 unspecified atom stereocenters. The number of aromatic nitrogens is 3. The van der Waals surface area contributed by atoms with Crippen LogP contribution in [0.5, 0.6) is 0 Å². The van der Waals surface area contributed by atoms with Gasteiger partial charge in [-0.05, 0) is 12.8 Å². The summed E-state index contributed by atoms with van der Waals surface area (Å²) < 4.78 is 5.41. The molecule has 0 aliphatic carbocycles. The molecule has 3 N–H and O–H groups in total. The Morgan fingerprint density at radius 3 is 2.79 bits per heavy atom. The second-order valence-corrected chi connectivity index (χ2v) is 4.74. The summed E-state index contributed by atoms with van der Waals surface area (Å²) in [5.74, 6) is 6.99. The molecule has 1 atom stereocenters. The van der Waals surface area contributed by atoms with E-state index in [-0.39, 0.29) is 6.10 Å². The average Bonchev–Trinajstić information content (AvgIpc) is 2.46. The number of hydrazine groups is 1. The number of hydrogen-bond acceptors (Lipinski definition) is 8. The molecule has 0 saturated carbocycles. The highest BCUT2D eigenvalue weighted by Crippen LogP contribution is 2.20. The van der Waals surface area contributed by atoms with Gasteiger partial charge in [-0.1, -0.05) is 0 Å². The summed E-state index contributed by atoms with van der Waals surface area (Å²) in [4.78, 5) is 16.9. The van der Waals surface area contributed by atoms with E-state index in [2.05, 4.69) is 25.3 Å². The van der Waals surface area contributed by atoms with Gasteiger partial charge in [0.15, 0.2) is 0 Å². The van der Waals surface area contributed by atoms with E-state index in [4.69, 9.17) is 10.6 Å². The third-order valence-corrected chi connectivity index (χ3v) is 3.14. The van der Waals surface area contributed by atoms with E-state index in [9.17, 15) is 0 Å². The molecule has 19 heavy (non-hydrogen) atoms. The molecule has 1 fully saturated rings. The Labute approximate surface area is 112 Å². The van der Waals surface area contributed by atoms with E-state index in [1.54, 1.807) is 7.11 Å². The van der Waals surface area contributed by atoms with Crippen molar-refractivity contribution in [3.63, 3.8) is 0 Å². The number of hydrogen-bond donors (Lipinski definition) is 2. The van der Waals surface area contributed by atoms with Crippen molar-refractivity contribution in [3.8, 4) is 0 Å². The Balaban J connectivity index is 2.25. The van der Waals surface area contributed by atoms with Gasteiger partial charge in [0, 0.05) is 34.3 Å². The summed E-state index contributed by atoms with van der Waals surface area (Å²) in [7, 11) is 5.50. The predicted octanol–water partition coefficient (Wildman–Crippen LogP) is -0.162. The van der Waals surface area contributed by atoms with Crippen LogP contribution in [0, 0.1) is 0 Å². The number of nitrogens with two attached hydrogens (primary N) is 1. The van der Waals surface area contributed by atoms with Gasteiger partial charge in [0.1, 0.15) is 0 Å². The summed E-state index contributed by atoms with van der Waals surface area (Å²) in [6.45, 7) is 1.71. The van der Waals surface area contributed by atoms with Crippen LogP contribution in [-0.4, -0.2) is 55.4 Å². The number of rotatable bonds is 4. The standard InChI is InChI=1S/C11H21N7O/c1-17(2)10-13-9(16-12)14-11(15-10)18-6-4-5-8(7-18)19-3/h8H,4-7,12H2,1-3H3,(H,13,14,15,16). The molecule has 8 heteroatoms. The zero-order valence-electron chi connectivity index (χ0n) is 11.6. The van der Waals surface area contributed by atoms with Gasteiger partial charge in [-0.15, -0.1) is 0 Å². The first-order valence-electron chi connectivity index (χ1n) is 6.31. The summed E-state index contributed by atoms with van der Waals surface area (Å²) >= 11 is 0. The molecule has 2 heterocycles. The third-order valence-electron chi connectivity index (χ3n) is 3.14. The highest BCUT2D eigenvalue weighted by atomic mass is 16.5. The van der Waals surface area contributed by atoms with Crippen LogP contribution in [0.4, 0.5) is 17.8 Å². The van der Waals surface area contributed by atoms with Crippen molar-refractivity contribution in [2.75, 3.05) is 49.5 Å². The van der Waals surface area contributed by atoms with Crippen molar-refractivity contribution in [1.82, 2.24) is 15.0 Å². The van der Waals surface area contributed by atoms with Gasteiger partial charge >= 0.3 is 0 Å². The molecule has 0 bridgehead atoms. The lowest BCUT2D eigenvalue weighted by Crippen LogP contribution is -2.40. The quantitative estimate of drug-likeness (QED) is 0.574. The minimum absolute atomic E-state index is 0.225. The average molecular weight is 267 g/mol. The highest BCUT2D eigenvalue weighted by molar-refractivity contribution is 5.44. The van der Waals surface area contributed by atoms with E-state index in [0.717, 1.165) is 25.9 Å². The Morgan fingerprint density at radius 1 is 1.37 bits per heavy atom. The monoisotopic (exact) mass is 267 g/mol. The maximum atomic E-state index is 5.41. The van der Waals surface area contributed by atoms with Gasteiger partial charge in [0.25, 0.3) is 0 Å². The Bertz CT molecular complexity index is 426. The molecule has 2 rings (SSSR count). The van der Waals surface area contributed by atoms with Crippen molar-refractivity contribution in [2.24, 2.45) is 5.84 Å². The summed E-state index contributed by atoms with van der Waals surface area (Å²) in [5, 5.41) is 0. The van der Waals surface area contributed by atoms with E-state index >= 15 is 0 Å². The number of nitrogen functional groups attached to an aromatic ring is 1. The van der Waals surface area contributed by atoms with E-state index in [0.29, 0.717) is 17.8 Å². The van der Waals surface area contributed by atoms with Gasteiger partial charge in [-0.25, -0.2) is 5.84 Å². The number of nitrogens with one attached hydrogen (secondary N) is 1. The molecule has 1 saturated heterocycles. The minimum atomic E-state index is 0.225. The number of ether oxygens (including phenoxy) is 1. The fourth-order valence-corrected chi connectivity index (χ4v) is 2.07. The predicted molar refractivity (Wildman–Crippen MR) is 74.2 cm³/mol. The molecule has 0 aromatic carbocycles. The molecule has 8 nitrogen and oxygen atoms in total. The maximum absolute atomic E-state index is 5.41. The summed E-state index contributed by atoms with van der Waals surface area (Å²) in [6, 6.07) is 0. The smallest absolute Gasteiger partial charge is 0.243 e. The molecule has 1 aliphatic rings. The summed E-state index contributed by atoms with van der Waals surface area (Å²) in [6.07, 6.45) is 2.36. The fourth-order valence-electron chi connectivity index (χ4n) is 2.07. The molecule has 1 aromatic rings. The van der Waals surface area contributed by atoms with E-state index < -0.39 is 0 Å². The van der Waals surface area contributed by atoms with Crippen molar-refractivity contribution in [3.05, 3.63) is 0 Å². The molecule has 106 valence electrons. The third kappa shape index (κ3) is 3.21. The SMILES string of the molecule is COC1CCCN(c2nc(NN)nc(N(C)C)n2)C1. The Morgan fingerprint density at radius 2 is 2.16 bits per heavy atom. The molecule has 0 amide bonds. The lowest BCUT2D eigenvalue weighted by Gasteiger charge is -2.32. The van der Waals surface area contributed by atoms with Gasteiger partial charge in [0.05, 0.1) is 6.10 Å². The van der Waals surface area contributed by atoms with Crippen LogP contribution in [0.25, 0.3) is 0 Å². The first-order chi connectivity index (χ1) is 9.13. The molecular weight excluding hydrogens is 246 g/mol. The molecule has 0 spiro atoms. The van der Waals surface area contributed by atoms with Crippen molar-refractivity contribution >= 4 is 17.8 Å². The molecule has 0 radical (unpaired) electrons. The lowest BCUT2D eigenvalue weighted by atomic mass is 10.1. The van der Waals surface area contributed by atoms with Gasteiger partial charge in [-0.2, -0.15) is 15.0 Å². The van der Waals surface area contributed by atoms with Crippen LogP contribution >= 0.6 is 0 Å². The van der Waals surface area contributed by atoms with Crippen LogP contribution in [-0.2, 0) is 4.74 Å². The van der Waals surface area contributed by atoms with Gasteiger partial charge in [0.2, 0.25) is 17.8 Å². The van der Waals surface area contributed by atoms with Crippen LogP contribution in [0.3, 0.4) is 0 Å². The van der Waals surface area contributed by atoms with Crippen LogP contribution in [0.15, 0.2) is 0 Å². The number of nitrogens with zero attached hydrogens (tertiary/aromatic N) is 5. The van der Waals surface area contributed by atoms with Crippen molar-refractivity contribution in [2.45, 2.75) is 18.9 Å². The normalized spacial score (nSPS) is 19.4. The van der Waals surface area contributed by atoms with Crippen LogP contribution in [0.2, 0.25) is 0 Å². The maximum Gasteiger partial charge on any atom is 0.243 e. The second-order valence-electron chi connectivity index (χ2n) is 4.74.